The molecule has 1 aliphatic rings. The molecule has 1 atom stereocenters. The quantitative estimate of drug-likeness (QED) is 0.850. The number of nitrogens with zero attached hydrogens (tertiary/aromatic N) is 2. The first-order chi connectivity index (χ1) is 11.7. The van der Waals surface area contributed by atoms with Crippen LogP contribution in [0.1, 0.15) is 30.1 Å². The SMILES string of the molecule is CCOC(=O)c1cnn(-c2ccccc2)c1NC(=O)C1CCCO1. The van der Waals surface area contributed by atoms with Gasteiger partial charge in [-0.3, -0.25) is 4.79 Å². The Morgan fingerprint density at radius 1 is 1.38 bits per heavy atom. The van der Waals surface area contributed by atoms with Crippen molar-refractivity contribution in [2.24, 2.45) is 0 Å². The van der Waals surface area contributed by atoms with Crippen molar-refractivity contribution in [3.05, 3.63) is 42.1 Å². The summed E-state index contributed by atoms with van der Waals surface area (Å²) < 4.78 is 12.0. The standard InChI is InChI=1S/C17H19N3O4/c1-2-23-17(22)13-11-18-20(12-7-4-3-5-8-12)15(13)19-16(21)14-9-6-10-24-14/h3-5,7-8,11,14H,2,6,9-10H2,1H3,(H,19,21). The number of hydrogen-bond donors (Lipinski definition) is 1. The van der Waals surface area contributed by atoms with E-state index in [1.54, 1.807) is 6.92 Å². The van der Waals surface area contributed by atoms with Gasteiger partial charge in [0, 0.05) is 6.61 Å². The van der Waals surface area contributed by atoms with Crippen LogP contribution in [0.5, 0.6) is 0 Å². The molecule has 0 spiro atoms. The number of carbonyl (C=O) groups excluding carboxylic acids is 2. The van der Waals surface area contributed by atoms with E-state index < -0.39 is 12.1 Å². The smallest absolute Gasteiger partial charge is 0.343 e. The fraction of sp³-hybridized carbons (Fsp3) is 0.353. The predicted molar refractivity (Wildman–Crippen MR) is 87.1 cm³/mol. The molecule has 0 saturated carbocycles. The minimum absolute atomic E-state index is 0.215. The molecular weight excluding hydrogens is 310 g/mol. The number of carbonyl (C=O) groups is 2. The van der Waals surface area contributed by atoms with Crippen LogP contribution in [0.3, 0.4) is 0 Å². The lowest BCUT2D eigenvalue weighted by Crippen LogP contribution is -2.28. The van der Waals surface area contributed by atoms with E-state index in [0.29, 0.717) is 18.8 Å². The molecule has 1 N–H and O–H groups in total. The number of aromatic nitrogens is 2. The lowest BCUT2D eigenvalue weighted by atomic mass is 10.2. The van der Waals surface area contributed by atoms with Crippen molar-refractivity contribution in [2.75, 3.05) is 18.5 Å². The average Bonchev–Trinajstić information content (AvgIpc) is 3.26. The van der Waals surface area contributed by atoms with Crippen molar-refractivity contribution >= 4 is 17.7 Å². The maximum atomic E-state index is 12.4. The zero-order valence-corrected chi connectivity index (χ0v) is 13.4. The van der Waals surface area contributed by atoms with Crippen molar-refractivity contribution in [3.63, 3.8) is 0 Å². The highest BCUT2D eigenvalue weighted by atomic mass is 16.5. The van der Waals surface area contributed by atoms with E-state index in [1.807, 2.05) is 30.3 Å². The minimum atomic E-state index is -0.526. The number of esters is 1. The van der Waals surface area contributed by atoms with Crippen LogP contribution < -0.4 is 5.32 Å². The second kappa shape index (κ2) is 7.27. The molecule has 126 valence electrons. The summed E-state index contributed by atoms with van der Waals surface area (Å²) in [7, 11) is 0. The summed E-state index contributed by atoms with van der Waals surface area (Å²) in [5.41, 5.74) is 0.947. The highest BCUT2D eigenvalue weighted by Gasteiger charge is 2.27. The molecule has 2 heterocycles. The Morgan fingerprint density at radius 2 is 2.17 bits per heavy atom. The van der Waals surface area contributed by atoms with E-state index >= 15 is 0 Å². The van der Waals surface area contributed by atoms with Crippen LogP contribution in [0, 0.1) is 0 Å². The van der Waals surface area contributed by atoms with Gasteiger partial charge in [0.1, 0.15) is 11.7 Å². The third-order valence-corrected chi connectivity index (χ3v) is 3.73. The van der Waals surface area contributed by atoms with Gasteiger partial charge in [-0.1, -0.05) is 18.2 Å². The highest BCUT2D eigenvalue weighted by molar-refractivity contribution is 6.01. The molecule has 1 aliphatic heterocycles. The number of rotatable bonds is 5. The topological polar surface area (TPSA) is 82.5 Å². The first kappa shape index (κ1) is 16.2. The van der Waals surface area contributed by atoms with Crippen LogP contribution in [-0.2, 0) is 14.3 Å². The van der Waals surface area contributed by atoms with Crippen LogP contribution in [0.2, 0.25) is 0 Å². The Kier molecular flexibility index (Phi) is 4.90. The second-order valence-electron chi connectivity index (χ2n) is 5.37. The largest absolute Gasteiger partial charge is 0.462 e. The van der Waals surface area contributed by atoms with E-state index in [2.05, 4.69) is 10.4 Å². The second-order valence-corrected chi connectivity index (χ2v) is 5.37. The van der Waals surface area contributed by atoms with E-state index in [1.165, 1.54) is 10.9 Å². The van der Waals surface area contributed by atoms with Gasteiger partial charge in [0.25, 0.3) is 5.91 Å². The maximum absolute atomic E-state index is 12.4. The van der Waals surface area contributed by atoms with Crippen molar-refractivity contribution in [1.82, 2.24) is 9.78 Å². The number of ether oxygens (including phenoxy) is 2. The number of para-hydroxylation sites is 1. The van der Waals surface area contributed by atoms with Crippen molar-refractivity contribution in [3.8, 4) is 5.69 Å². The van der Waals surface area contributed by atoms with Gasteiger partial charge in [-0.05, 0) is 31.9 Å². The molecule has 1 saturated heterocycles. The molecule has 24 heavy (non-hydrogen) atoms. The zero-order valence-electron chi connectivity index (χ0n) is 13.4. The highest BCUT2D eigenvalue weighted by Crippen LogP contribution is 2.23. The Morgan fingerprint density at radius 3 is 2.83 bits per heavy atom. The lowest BCUT2D eigenvalue weighted by molar-refractivity contribution is -0.124. The normalized spacial score (nSPS) is 16.8. The first-order valence-corrected chi connectivity index (χ1v) is 7.93. The molecule has 0 bridgehead atoms. The summed E-state index contributed by atoms with van der Waals surface area (Å²) in [5.74, 6) is -0.516. The van der Waals surface area contributed by atoms with Gasteiger partial charge < -0.3 is 14.8 Å². The Hall–Kier alpha value is -2.67. The summed E-state index contributed by atoms with van der Waals surface area (Å²) in [6, 6.07) is 9.26. The lowest BCUT2D eigenvalue weighted by Gasteiger charge is -2.13. The van der Waals surface area contributed by atoms with Gasteiger partial charge in [-0.25, -0.2) is 9.48 Å². The number of nitrogens with one attached hydrogen (secondary N) is 1. The van der Waals surface area contributed by atoms with Crippen LogP contribution >= 0.6 is 0 Å². The van der Waals surface area contributed by atoms with Crippen LogP contribution in [0.15, 0.2) is 36.5 Å². The molecule has 3 rings (SSSR count). The molecule has 1 unspecified atom stereocenters. The molecule has 0 radical (unpaired) electrons. The van der Waals surface area contributed by atoms with Gasteiger partial charge in [-0.2, -0.15) is 5.10 Å². The van der Waals surface area contributed by atoms with Crippen molar-refractivity contribution in [1.29, 1.82) is 0 Å². The number of benzene rings is 1. The number of amides is 1. The fourth-order valence-electron chi connectivity index (χ4n) is 2.57. The summed E-state index contributed by atoms with van der Waals surface area (Å²) in [5, 5.41) is 7.00. The molecule has 1 fully saturated rings. The van der Waals surface area contributed by atoms with Crippen molar-refractivity contribution in [2.45, 2.75) is 25.9 Å². The molecule has 1 amide bonds. The number of hydrogen-bond acceptors (Lipinski definition) is 5. The van der Waals surface area contributed by atoms with Gasteiger partial charge >= 0.3 is 5.97 Å². The van der Waals surface area contributed by atoms with E-state index in [-0.39, 0.29) is 18.1 Å². The monoisotopic (exact) mass is 329 g/mol. The summed E-state index contributed by atoms with van der Waals surface area (Å²) in [6.45, 7) is 2.54. The van der Waals surface area contributed by atoms with Gasteiger partial charge in [0.15, 0.2) is 5.82 Å². The molecular formula is C17H19N3O4. The van der Waals surface area contributed by atoms with Gasteiger partial charge in [0.2, 0.25) is 0 Å². The Labute approximate surface area is 139 Å². The summed E-state index contributed by atoms with van der Waals surface area (Å²) in [4.78, 5) is 24.6. The van der Waals surface area contributed by atoms with Crippen LogP contribution in [-0.4, -0.2) is 41.0 Å². The third-order valence-electron chi connectivity index (χ3n) is 3.73. The predicted octanol–water partition coefficient (Wildman–Crippen LogP) is 2.17. The summed E-state index contributed by atoms with van der Waals surface area (Å²) in [6.07, 6.45) is 2.41. The molecule has 7 nitrogen and oxygen atoms in total. The fourth-order valence-corrected chi connectivity index (χ4v) is 2.57. The molecule has 1 aromatic heterocycles. The molecule has 1 aromatic carbocycles. The average molecular weight is 329 g/mol. The Bertz CT molecular complexity index is 721. The van der Waals surface area contributed by atoms with Crippen LogP contribution in [0.25, 0.3) is 5.69 Å². The van der Waals surface area contributed by atoms with E-state index in [9.17, 15) is 9.59 Å². The number of anilines is 1. The van der Waals surface area contributed by atoms with Crippen LogP contribution in [0.4, 0.5) is 5.82 Å². The molecule has 7 heteroatoms. The summed E-state index contributed by atoms with van der Waals surface area (Å²) >= 11 is 0. The van der Waals surface area contributed by atoms with E-state index in [0.717, 1.165) is 12.1 Å². The van der Waals surface area contributed by atoms with E-state index in [4.69, 9.17) is 9.47 Å². The Balaban J connectivity index is 1.94. The first-order valence-electron chi connectivity index (χ1n) is 7.93. The zero-order chi connectivity index (χ0) is 16.9. The van der Waals surface area contributed by atoms with Gasteiger partial charge in [0.05, 0.1) is 18.5 Å². The molecule has 2 aromatic rings. The molecule has 0 aliphatic carbocycles. The van der Waals surface area contributed by atoms with Gasteiger partial charge in [-0.15, -0.1) is 0 Å². The van der Waals surface area contributed by atoms with Crippen molar-refractivity contribution < 1.29 is 19.1 Å². The minimum Gasteiger partial charge on any atom is -0.462 e. The third kappa shape index (κ3) is 3.30. The maximum Gasteiger partial charge on any atom is 0.343 e.